The molecule has 0 aliphatic rings. The third-order valence-electron chi connectivity index (χ3n) is 1.70. The second-order valence-corrected chi connectivity index (χ2v) is 2.82. The van der Waals surface area contributed by atoms with Gasteiger partial charge in [0.25, 0.3) is 0 Å². The van der Waals surface area contributed by atoms with Gasteiger partial charge >= 0.3 is 0 Å². The SMILES string of the molecule is N#Cc1cccc(C[C@H](N)C=O)c1. The Hall–Kier alpha value is -1.66. The van der Waals surface area contributed by atoms with E-state index in [-0.39, 0.29) is 0 Å². The van der Waals surface area contributed by atoms with E-state index in [1.54, 1.807) is 18.2 Å². The lowest BCUT2D eigenvalue weighted by atomic mass is 10.1. The van der Waals surface area contributed by atoms with E-state index in [1.165, 1.54) is 0 Å². The molecule has 1 atom stereocenters. The Bertz CT molecular complexity index is 341. The summed E-state index contributed by atoms with van der Waals surface area (Å²) in [6.07, 6.45) is 1.19. The van der Waals surface area contributed by atoms with E-state index in [9.17, 15) is 4.79 Å². The molecule has 3 heteroatoms. The molecule has 1 aromatic rings. The van der Waals surface area contributed by atoms with Crippen LogP contribution in [0.5, 0.6) is 0 Å². The lowest BCUT2D eigenvalue weighted by molar-refractivity contribution is -0.108. The molecule has 0 amide bonds. The maximum Gasteiger partial charge on any atom is 0.137 e. The summed E-state index contributed by atoms with van der Waals surface area (Å²) < 4.78 is 0. The quantitative estimate of drug-likeness (QED) is 0.683. The Morgan fingerprint density at radius 2 is 2.38 bits per heavy atom. The van der Waals surface area contributed by atoms with Crippen molar-refractivity contribution in [3.63, 3.8) is 0 Å². The molecule has 0 aliphatic carbocycles. The fourth-order valence-corrected chi connectivity index (χ4v) is 1.09. The second kappa shape index (κ2) is 4.39. The fourth-order valence-electron chi connectivity index (χ4n) is 1.09. The Labute approximate surface area is 76.8 Å². The fraction of sp³-hybridized carbons (Fsp3) is 0.200. The van der Waals surface area contributed by atoms with Crippen LogP contribution in [-0.4, -0.2) is 12.3 Å². The summed E-state index contributed by atoms with van der Waals surface area (Å²) in [6, 6.07) is 8.64. The van der Waals surface area contributed by atoms with E-state index in [1.807, 2.05) is 12.1 Å². The van der Waals surface area contributed by atoms with Crippen LogP contribution in [0.15, 0.2) is 24.3 Å². The number of nitriles is 1. The van der Waals surface area contributed by atoms with Gasteiger partial charge in [-0.25, -0.2) is 0 Å². The van der Waals surface area contributed by atoms with E-state index in [0.29, 0.717) is 18.3 Å². The molecule has 0 radical (unpaired) electrons. The lowest BCUT2D eigenvalue weighted by Crippen LogP contribution is -2.24. The summed E-state index contributed by atoms with van der Waals surface area (Å²) in [5.41, 5.74) is 6.95. The maximum atomic E-state index is 10.3. The monoisotopic (exact) mass is 174 g/mol. The van der Waals surface area contributed by atoms with E-state index >= 15 is 0 Å². The highest BCUT2D eigenvalue weighted by Crippen LogP contribution is 2.05. The Morgan fingerprint density at radius 1 is 1.62 bits per heavy atom. The van der Waals surface area contributed by atoms with Crippen molar-refractivity contribution in [1.29, 1.82) is 5.26 Å². The molecule has 0 aromatic heterocycles. The number of carbonyl (C=O) groups is 1. The molecule has 0 unspecified atom stereocenters. The summed E-state index contributed by atoms with van der Waals surface area (Å²) in [5, 5.41) is 8.60. The van der Waals surface area contributed by atoms with Crippen molar-refractivity contribution in [3.8, 4) is 6.07 Å². The summed E-state index contributed by atoms with van der Waals surface area (Å²) in [7, 11) is 0. The number of hydrogen-bond donors (Lipinski definition) is 1. The largest absolute Gasteiger partial charge is 0.321 e. The number of hydrogen-bond acceptors (Lipinski definition) is 3. The highest BCUT2D eigenvalue weighted by molar-refractivity contribution is 5.58. The van der Waals surface area contributed by atoms with E-state index in [2.05, 4.69) is 0 Å². The lowest BCUT2D eigenvalue weighted by Gasteiger charge is -2.03. The predicted octanol–water partition coefficient (Wildman–Crippen LogP) is 0.627. The van der Waals surface area contributed by atoms with Gasteiger partial charge in [0.15, 0.2) is 0 Å². The van der Waals surface area contributed by atoms with Crippen molar-refractivity contribution >= 4 is 6.29 Å². The smallest absolute Gasteiger partial charge is 0.137 e. The molecule has 0 aliphatic heterocycles. The van der Waals surface area contributed by atoms with E-state index in [0.717, 1.165) is 5.56 Å². The van der Waals surface area contributed by atoms with Crippen molar-refractivity contribution in [1.82, 2.24) is 0 Å². The number of rotatable bonds is 3. The van der Waals surface area contributed by atoms with Gasteiger partial charge in [0.1, 0.15) is 6.29 Å². The van der Waals surface area contributed by atoms with Crippen LogP contribution in [0.3, 0.4) is 0 Å². The molecule has 1 aromatic carbocycles. The van der Waals surface area contributed by atoms with Crippen molar-refractivity contribution in [2.75, 3.05) is 0 Å². The van der Waals surface area contributed by atoms with Gasteiger partial charge in [-0.15, -0.1) is 0 Å². The van der Waals surface area contributed by atoms with Gasteiger partial charge in [-0.3, -0.25) is 0 Å². The first-order valence-corrected chi connectivity index (χ1v) is 3.96. The molecule has 2 N–H and O–H groups in total. The summed E-state index contributed by atoms with van der Waals surface area (Å²) in [4.78, 5) is 10.3. The highest BCUT2D eigenvalue weighted by Gasteiger charge is 2.02. The van der Waals surface area contributed by atoms with Gasteiger partial charge in [0.2, 0.25) is 0 Å². The first-order valence-electron chi connectivity index (χ1n) is 3.96. The molecule has 0 fully saturated rings. The third kappa shape index (κ3) is 2.69. The average molecular weight is 174 g/mol. The van der Waals surface area contributed by atoms with Crippen LogP contribution < -0.4 is 5.73 Å². The molecular weight excluding hydrogens is 164 g/mol. The first kappa shape index (κ1) is 9.43. The minimum absolute atomic E-state index is 0.478. The van der Waals surface area contributed by atoms with Gasteiger partial charge < -0.3 is 10.5 Å². The number of benzene rings is 1. The minimum atomic E-state index is -0.478. The number of carbonyl (C=O) groups excluding carboxylic acids is 1. The van der Waals surface area contributed by atoms with Crippen LogP contribution in [0.4, 0.5) is 0 Å². The molecule has 0 saturated carbocycles. The zero-order chi connectivity index (χ0) is 9.68. The van der Waals surface area contributed by atoms with Crippen molar-refractivity contribution in [2.24, 2.45) is 5.73 Å². The Balaban J connectivity index is 2.78. The molecule has 0 bridgehead atoms. The standard InChI is InChI=1S/C10H10N2O/c11-6-9-3-1-2-8(4-9)5-10(12)7-13/h1-4,7,10H,5,12H2/t10-/m0/s1. The van der Waals surface area contributed by atoms with Gasteiger partial charge in [0, 0.05) is 0 Å². The van der Waals surface area contributed by atoms with Crippen LogP contribution >= 0.6 is 0 Å². The summed E-state index contributed by atoms with van der Waals surface area (Å²) in [6.45, 7) is 0. The molecular formula is C10H10N2O. The van der Waals surface area contributed by atoms with Gasteiger partial charge in [0.05, 0.1) is 17.7 Å². The molecule has 0 heterocycles. The zero-order valence-corrected chi connectivity index (χ0v) is 7.10. The molecule has 0 spiro atoms. The molecule has 1 rings (SSSR count). The zero-order valence-electron chi connectivity index (χ0n) is 7.10. The van der Waals surface area contributed by atoms with Crippen LogP contribution in [0.2, 0.25) is 0 Å². The van der Waals surface area contributed by atoms with Crippen molar-refractivity contribution in [2.45, 2.75) is 12.5 Å². The van der Waals surface area contributed by atoms with Gasteiger partial charge in [-0.05, 0) is 24.1 Å². The first-order chi connectivity index (χ1) is 6.26. The summed E-state index contributed by atoms with van der Waals surface area (Å²) >= 11 is 0. The summed E-state index contributed by atoms with van der Waals surface area (Å²) in [5.74, 6) is 0. The normalized spacial score (nSPS) is 11.7. The average Bonchev–Trinajstić information content (AvgIpc) is 2.18. The topological polar surface area (TPSA) is 66.9 Å². The van der Waals surface area contributed by atoms with E-state index < -0.39 is 6.04 Å². The Morgan fingerprint density at radius 3 is 3.00 bits per heavy atom. The van der Waals surface area contributed by atoms with Gasteiger partial charge in [-0.2, -0.15) is 5.26 Å². The van der Waals surface area contributed by atoms with E-state index in [4.69, 9.17) is 11.0 Å². The molecule has 66 valence electrons. The predicted molar refractivity (Wildman–Crippen MR) is 48.9 cm³/mol. The van der Waals surface area contributed by atoms with Crippen LogP contribution in [0.1, 0.15) is 11.1 Å². The number of aldehydes is 1. The van der Waals surface area contributed by atoms with Crippen molar-refractivity contribution < 1.29 is 4.79 Å². The molecule has 13 heavy (non-hydrogen) atoms. The highest BCUT2D eigenvalue weighted by atomic mass is 16.1. The molecule has 0 saturated heterocycles. The number of nitrogens with two attached hydrogens (primary N) is 1. The minimum Gasteiger partial charge on any atom is -0.321 e. The second-order valence-electron chi connectivity index (χ2n) is 2.82. The van der Waals surface area contributed by atoms with Gasteiger partial charge in [-0.1, -0.05) is 12.1 Å². The van der Waals surface area contributed by atoms with Crippen LogP contribution in [0.25, 0.3) is 0 Å². The van der Waals surface area contributed by atoms with Crippen LogP contribution in [0, 0.1) is 11.3 Å². The molecule has 3 nitrogen and oxygen atoms in total. The maximum absolute atomic E-state index is 10.3. The number of nitrogens with zero attached hydrogens (tertiary/aromatic N) is 1. The van der Waals surface area contributed by atoms with Crippen LogP contribution in [-0.2, 0) is 11.2 Å². The van der Waals surface area contributed by atoms with Crippen molar-refractivity contribution in [3.05, 3.63) is 35.4 Å². The third-order valence-corrected chi connectivity index (χ3v) is 1.70. The Kier molecular flexibility index (Phi) is 3.18.